The van der Waals surface area contributed by atoms with Crippen molar-refractivity contribution in [2.24, 2.45) is 0 Å². The first-order valence-corrected chi connectivity index (χ1v) is 8.98. The molecule has 0 bridgehead atoms. The van der Waals surface area contributed by atoms with Gasteiger partial charge in [-0.05, 0) is 62.1 Å². The fraction of sp³-hybridized carbons (Fsp3) is 0.588. The van der Waals surface area contributed by atoms with Crippen LogP contribution in [0.5, 0.6) is 0 Å². The summed E-state index contributed by atoms with van der Waals surface area (Å²) in [5, 5.41) is 0. The van der Waals surface area contributed by atoms with Crippen LogP contribution >= 0.6 is 11.8 Å². The maximum atomic E-state index is 6.16. The molecule has 21 heavy (non-hydrogen) atoms. The summed E-state index contributed by atoms with van der Waals surface area (Å²) in [5.41, 5.74) is 5.21. The number of benzene rings is 1. The first-order chi connectivity index (χ1) is 10.2. The zero-order valence-corrected chi connectivity index (χ0v) is 13.6. The lowest BCUT2D eigenvalue weighted by Crippen LogP contribution is -2.40. The molecule has 1 spiro atoms. The average Bonchev–Trinajstić information content (AvgIpc) is 3.07. The third-order valence-corrected chi connectivity index (χ3v) is 6.34. The highest BCUT2D eigenvalue weighted by molar-refractivity contribution is 7.99. The molecule has 112 valence electrons. The number of aromatic nitrogens is 2. The molecule has 3 nitrogen and oxygen atoms in total. The Morgan fingerprint density at radius 2 is 2.19 bits per heavy atom. The Bertz CT molecular complexity index is 673. The van der Waals surface area contributed by atoms with Gasteiger partial charge in [0.1, 0.15) is 0 Å². The van der Waals surface area contributed by atoms with Crippen LogP contribution in [0.25, 0.3) is 11.0 Å². The lowest BCUT2D eigenvalue weighted by Gasteiger charge is -2.38. The highest BCUT2D eigenvalue weighted by Gasteiger charge is 2.41. The Hall–Kier alpha value is -1.00. The molecule has 1 aromatic carbocycles. The van der Waals surface area contributed by atoms with Gasteiger partial charge in [0.15, 0.2) is 0 Å². The fourth-order valence-electron chi connectivity index (χ4n) is 3.68. The molecular formula is C17H22N2OS. The van der Waals surface area contributed by atoms with Crippen molar-refractivity contribution in [2.45, 2.75) is 44.8 Å². The Morgan fingerprint density at radius 3 is 3.00 bits per heavy atom. The van der Waals surface area contributed by atoms with Crippen LogP contribution in [0.4, 0.5) is 0 Å². The van der Waals surface area contributed by atoms with Crippen LogP contribution in [0.15, 0.2) is 18.5 Å². The van der Waals surface area contributed by atoms with E-state index in [0.717, 1.165) is 30.7 Å². The largest absolute Gasteiger partial charge is 0.374 e. The third kappa shape index (κ3) is 2.29. The van der Waals surface area contributed by atoms with Crippen molar-refractivity contribution in [3.63, 3.8) is 0 Å². The number of aryl methyl sites for hydroxylation is 2. The summed E-state index contributed by atoms with van der Waals surface area (Å²) < 4.78 is 8.55. The van der Waals surface area contributed by atoms with Crippen LogP contribution in [-0.2, 0) is 4.74 Å². The van der Waals surface area contributed by atoms with Gasteiger partial charge in [0, 0.05) is 18.4 Å². The van der Waals surface area contributed by atoms with E-state index in [1.54, 1.807) is 0 Å². The van der Waals surface area contributed by atoms with Crippen LogP contribution in [0.1, 0.15) is 36.4 Å². The zero-order chi connectivity index (χ0) is 14.4. The van der Waals surface area contributed by atoms with Crippen molar-refractivity contribution in [2.75, 3.05) is 18.1 Å². The molecule has 2 aliphatic rings. The molecule has 1 aromatic heterocycles. The molecule has 0 aliphatic carbocycles. The average molecular weight is 302 g/mol. The van der Waals surface area contributed by atoms with Gasteiger partial charge >= 0.3 is 0 Å². The van der Waals surface area contributed by atoms with Gasteiger partial charge in [0.2, 0.25) is 0 Å². The lowest BCUT2D eigenvalue weighted by molar-refractivity contribution is -0.0756. The van der Waals surface area contributed by atoms with E-state index in [2.05, 4.69) is 35.5 Å². The summed E-state index contributed by atoms with van der Waals surface area (Å²) >= 11 is 2.04. The van der Waals surface area contributed by atoms with E-state index >= 15 is 0 Å². The Morgan fingerprint density at radius 1 is 1.33 bits per heavy atom. The smallest absolute Gasteiger partial charge is 0.0960 e. The Kier molecular flexibility index (Phi) is 3.27. The molecule has 2 unspecified atom stereocenters. The Labute approximate surface area is 130 Å². The molecule has 2 saturated heterocycles. The minimum atomic E-state index is 0.129. The lowest BCUT2D eigenvalue weighted by atomic mass is 9.89. The van der Waals surface area contributed by atoms with E-state index in [1.807, 2.05) is 18.1 Å². The molecule has 2 atom stereocenters. The molecule has 2 fully saturated rings. The van der Waals surface area contributed by atoms with Gasteiger partial charge < -0.3 is 9.30 Å². The summed E-state index contributed by atoms with van der Waals surface area (Å²) in [5.74, 6) is 2.41. The molecule has 0 saturated carbocycles. The minimum absolute atomic E-state index is 0.129. The highest BCUT2D eigenvalue weighted by Crippen LogP contribution is 2.42. The fourth-order valence-corrected chi connectivity index (χ4v) is 5.05. The molecule has 3 heterocycles. The van der Waals surface area contributed by atoms with Crippen molar-refractivity contribution in [3.8, 4) is 0 Å². The van der Waals surface area contributed by atoms with E-state index in [1.165, 1.54) is 28.8 Å². The number of thioether (sulfide) groups is 1. The predicted octanol–water partition coefficient (Wildman–Crippen LogP) is 3.88. The number of imidazole rings is 1. The van der Waals surface area contributed by atoms with Crippen molar-refractivity contribution in [1.82, 2.24) is 9.55 Å². The first kappa shape index (κ1) is 13.6. The monoisotopic (exact) mass is 302 g/mol. The van der Waals surface area contributed by atoms with E-state index in [9.17, 15) is 0 Å². The molecule has 0 amide bonds. The van der Waals surface area contributed by atoms with E-state index in [0.29, 0.717) is 6.04 Å². The number of rotatable bonds is 1. The summed E-state index contributed by atoms with van der Waals surface area (Å²) in [6, 6.07) is 5.04. The maximum absolute atomic E-state index is 6.16. The van der Waals surface area contributed by atoms with Gasteiger partial charge in [-0.2, -0.15) is 11.8 Å². The van der Waals surface area contributed by atoms with Crippen LogP contribution < -0.4 is 0 Å². The quantitative estimate of drug-likeness (QED) is 0.800. The van der Waals surface area contributed by atoms with E-state index in [-0.39, 0.29) is 5.60 Å². The van der Waals surface area contributed by atoms with E-state index in [4.69, 9.17) is 4.74 Å². The molecule has 4 rings (SSSR count). The summed E-state index contributed by atoms with van der Waals surface area (Å²) in [6.45, 7) is 5.23. The summed E-state index contributed by atoms with van der Waals surface area (Å²) in [6.07, 6.45) is 5.48. The number of ether oxygens (including phenoxy) is 1. The summed E-state index contributed by atoms with van der Waals surface area (Å²) in [4.78, 5) is 4.63. The molecule has 4 heteroatoms. The molecule has 0 N–H and O–H groups in total. The van der Waals surface area contributed by atoms with Gasteiger partial charge in [0.25, 0.3) is 0 Å². The van der Waals surface area contributed by atoms with Crippen LogP contribution in [0.3, 0.4) is 0 Å². The zero-order valence-electron chi connectivity index (χ0n) is 12.8. The van der Waals surface area contributed by atoms with Crippen LogP contribution in [0.2, 0.25) is 0 Å². The standard InChI is InChI=1S/C17H22N2OS/c1-12-7-15-16(8-13(12)2)19(11-18-15)14-3-5-20-17(9-14)4-6-21-10-17/h7-8,11,14H,3-6,9-10H2,1-2H3. The van der Waals surface area contributed by atoms with Crippen LogP contribution in [-0.4, -0.2) is 33.3 Å². The van der Waals surface area contributed by atoms with Crippen molar-refractivity contribution in [3.05, 3.63) is 29.6 Å². The summed E-state index contributed by atoms with van der Waals surface area (Å²) in [7, 11) is 0. The minimum Gasteiger partial charge on any atom is -0.374 e. The van der Waals surface area contributed by atoms with Gasteiger partial charge in [-0.3, -0.25) is 0 Å². The molecule has 0 radical (unpaired) electrons. The normalized spacial score (nSPS) is 29.5. The number of hydrogen-bond acceptors (Lipinski definition) is 3. The van der Waals surface area contributed by atoms with E-state index < -0.39 is 0 Å². The molecular weight excluding hydrogens is 280 g/mol. The highest BCUT2D eigenvalue weighted by atomic mass is 32.2. The maximum Gasteiger partial charge on any atom is 0.0960 e. The van der Waals surface area contributed by atoms with Crippen molar-refractivity contribution in [1.29, 1.82) is 0 Å². The first-order valence-electron chi connectivity index (χ1n) is 7.82. The Balaban J connectivity index is 1.71. The van der Waals surface area contributed by atoms with Gasteiger partial charge in [0.05, 0.1) is 23.0 Å². The number of fused-ring (bicyclic) bond motifs is 1. The van der Waals surface area contributed by atoms with Crippen molar-refractivity contribution < 1.29 is 4.74 Å². The topological polar surface area (TPSA) is 27.1 Å². The van der Waals surface area contributed by atoms with Gasteiger partial charge in [-0.25, -0.2) is 4.98 Å². The second kappa shape index (κ2) is 5.03. The second-order valence-electron chi connectivity index (χ2n) is 6.56. The van der Waals surface area contributed by atoms with Crippen molar-refractivity contribution >= 4 is 22.8 Å². The second-order valence-corrected chi connectivity index (χ2v) is 7.66. The number of hydrogen-bond donors (Lipinski definition) is 0. The van der Waals surface area contributed by atoms with Crippen LogP contribution in [0, 0.1) is 13.8 Å². The number of nitrogens with zero attached hydrogens (tertiary/aromatic N) is 2. The SMILES string of the molecule is Cc1cc2ncn(C3CCOC4(CCSC4)C3)c2cc1C. The molecule has 2 aromatic rings. The third-order valence-electron chi connectivity index (χ3n) is 5.12. The van der Waals surface area contributed by atoms with Gasteiger partial charge in [-0.1, -0.05) is 0 Å². The van der Waals surface area contributed by atoms with Gasteiger partial charge in [-0.15, -0.1) is 0 Å². The predicted molar refractivity (Wildman–Crippen MR) is 88.1 cm³/mol. The molecule has 2 aliphatic heterocycles.